The molecule has 0 aromatic carbocycles. The number of rotatable bonds is 3. The first-order valence-corrected chi connectivity index (χ1v) is 5.91. The van der Waals surface area contributed by atoms with Crippen LogP contribution in [0.15, 0.2) is 0 Å². The molecule has 0 radical (unpaired) electrons. The minimum absolute atomic E-state index is 0.120. The fourth-order valence-corrected chi connectivity index (χ4v) is 2.54. The van der Waals surface area contributed by atoms with Gasteiger partial charge in [0.1, 0.15) is 0 Å². The molecule has 0 spiro atoms. The molecule has 0 aromatic heterocycles. The lowest BCUT2D eigenvalue weighted by atomic mass is 9.79. The Bertz CT molecular complexity index is 354. The van der Waals surface area contributed by atoms with Crippen LogP contribution >= 0.6 is 0 Å². The van der Waals surface area contributed by atoms with Gasteiger partial charge in [0.2, 0.25) is 6.29 Å². The monoisotopic (exact) mass is 242 g/mol. The molecule has 0 bridgehead atoms. The minimum Gasteiger partial charge on any atom is -0.481 e. The van der Waals surface area contributed by atoms with Crippen molar-refractivity contribution in [2.75, 3.05) is 0 Å². The quantitative estimate of drug-likeness (QED) is 0.573. The van der Waals surface area contributed by atoms with E-state index in [1.807, 2.05) is 0 Å². The molecule has 1 aliphatic carbocycles. The lowest BCUT2D eigenvalue weighted by molar-refractivity contribution is -0.214. The van der Waals surface area contributed by atoms with Crippen molar-refractivity contribution < 1.29 is 28.9 Å². The first-order chi connectivity index (χ1) is 8.16. The van der Waals surface area contributed by atoms with Crippen LogP contribution in [0.3, 0.4) is 0 Å². The lowest BCUT2D eigenvalue weighted by Crippen LogP contribution is -2.42. The van der Waals surface area contributed by atoms with Gasteiger partial charge in [0.05, 0.1) is 11.8 Å². The topological polar surface area (TPSA) is 85.4 Å². The number of carboxylic acids is 1. The van der Waals surface area contributed by atoms with E-state index >= 15 is 0 Å². The van der Waals surface area contributed by atoms with Crippen LogP contribution in [-0.4, -0.2) is 35.7 Å². The van der Waals surface area contributed by atoms with Crippen LogP contribution < -0.4 is 0 Å². The molecule has 94 valence electrons. The molecule has 6 heteroatoms. The predicted octanol–water partition coefficient (Wildman–Crippen LogP) is 0.502. The molecule has 0 amide bonds. The highest BCUT2D eigenvalue weighted by Gasteiger charge is 2.61. The second-order valence-electron chi connectivity index (χ2n) is 4.75. The van der Waals surface area contributed by atoms with E-state index in [1.165, 1.54) is 0 Å². The Morgan fingerprint density at radius 2 is 1.82 bits per heavy atom. The molecule has 3 rings (SSSR count). The summed E-state index contributed by atoms with van der Waals surface area (Å²) in [5, 5.41) is 9.06. The third-order valence-corrected chi connectivity index (χ3v) is 3.64. The predicted molar refractivity (Wildman–Crippen MR) is 52.7 cm³/mol. The van der Waals surface area contributed by atoms with Gasteiger partial charge in [-0.2, -0.15) is 0 Å². The number of fused-ring (bicyclic) bond motifs is 1. The van der Waals surface area contributed by atoms with Gasteiger partial charge in [-0.25, -0.2) is 0 Å². The van der Waals surface area contributed by atoms with Crippen LogP contribution in [0.25, 0.3) is 0 Å². The van der Waals surface area contributed by atoms with Gasteiger partial charge < -0.3 is 19.3 Å². The molecule has 17 heavy (non-hydrogen) atoms. The summed E-state index contributed by atoms with van der Waals surface area (Å²) in [5.41, 5.74) is 0. The van der Waals surface area contributed by atoms with E-state index in [0.29, 0.717) is 12.8 Å². The van der Waals surface area contributed by atoms with Crippen LogP contribution in [0.5, 0.6) is 0 Å². The number of hydrogen-bond acceptors (Lipinski definition) is 5. The maximum atomic E-state index is 11.9. The third-order valence-electron chi connectivity index (χ3n) is 3.64. The average molecular weight is 242 g/mol. The molecule has 0 aromatic rings. The molecule has 2 heterocycles. The highest BCUT2D eigenvalue weighted by Crippen LogP contribution is 2.41. The van der Waals surface area contributed by atoms with E-state index < -0.39 is 30.1 Å². The summed E-state index contributed by atoms with van der Waals surface area (Å²) in [7, 11) is 0. The molecule has 1 N–H and O–H groups in total. The number of aliphatic carboxylic acids is 1. The first-order valence-electron chi connectivity index (χ1n) is 5.91. The van der Waals surface area contributed by atoms with Crippen LogP contribution in [0.2, 0.25) is 0 Å². The lowest BCUT2D eigenvalue weighted by Gasteiger charge is -2.29. The van der Waals surface area contributed by atoms with Gasteiger partial charge in [-0.1, -0.05) is 12.8 Å². The van der Waals surface area contributed by atoms with Crippen molar-refractivity contribution in [1.82, 2.24) is 0 Å². The van der Waals surface area contributed by atoms with E-state index in [0.717, 1.165) is 12.8 Å². The van der Waals surface area contributed by atoms with E-state index in [2.05, 4.69) is 0 Å². The Morgan fingerprint density at radius 3 is 2.35 bits per heavy atom. The van der Waals surface area contributed by atoms with Crippen molar-refractivity contribution in [3.63, 3.8) is 0 Å². The van der Waals surface area contributed by atoms with Gasteiger partial charge in [0.15, 0.2) is 12.4 Å². The molecule has 3 fully saturated rings. The maximum Gasteiger partial charge on any atom is 0.312 e. The van der Waals surface area contributed by atoms with Gasteiger partial charge >= 0.3 is 11.9 Å². The summed E-state index contributed by atoms with van der Waals surface area (Å²) >= 11 is 0. The van der Waals surface area contributed by atoms with Gasteiger partial charge in [0.25, 0.3) is 0 Å². The molecule has 2 aliphatic heterocycles. The Kier molecular flexibility index (Phi) is 2.56. The highest BCUT2D eigenvalue weighted by atomic mass is 16.9. The summed E-state index contributed by atoms with van der Waals surface area (Å²) in [4.78, 5) is 22.9. The second kappa shape index (κ2) is 3.96. The van der Waals surface area contributed by atoms with Crippen molar-refractivity contribution in [3.05, 3.63) is 0 Å². The SMILES string of the molecule is O=C(O)[C@H]1CCCC[C@H]1C(=O)OC1OC2OC12. The first kappa shape index (κ1) is 11.0. The van der Waals surface area contributed by atoms with Gasteiger partial charge in [-0.3, -0.25) is 9.59 Å². The van der Waals surface area contributed by atoms with Crippen LogP contribution in [0.1, 0.15) is 25.7 Å². The summed E-state index contributed by atoms with van der Waals surface area (Å²) in [6, 6.07) is 0. The molecular weight excluding hydrogens is 228 g/mol. The number of carbonyl (C=O) groups excluding carboxylic acids is 1. The normalized spacial score (nSPS) is 43.2. The Balaban J connectivity index is 1.59. The smallest absolute Gasteiger partial charge is 0.312 e. The summed E-state index contributed by atoms with van der Waals surface area (Å²) in [6.45, 7) is 0. The molecular formula is C11H14O6. The van der Waals surface area contributed by atoms with Crippen LogP contribution in [0.4, 0.5) is 0 Å². The number of epoxide rings is 1. The number of ether oxygens (including phenoxy) is 3. The van der Waals surface area contributed by atoms with Crippen LogP contribution in [-0.2, 0) is 23.8 Å². The zero-order valence-electron chi connectivity index (χ0n) is 9.20. The largest absolute Gasteiger partial charge is 0.481 e. The highest BCUT2D eigenvalue weighted by molar-refractivity contribution is 5.81. The molecule has 5 atom stereocenters. The van der Waals surface area contributed by atoms with E-state index in [-0.39, 0.29) is 12.4 Å². The zero-order chi connectivity index (χ0) is 12.0. The molecule has 2 saturated heterocycles. The molecule has 3 unspecified atom stereocenters. The summed E-state index contributed by atoms with van der Waals surface area (Å²) in [6.07, 6.45) is 1.91. The van der Waals surface area contributed by atoms with Crippen molar-refractivity contribution in [3.8, 4) is 0 Å². The fraction of sp³-hybridized carbons (Fsp3) is 0.818. The molecule has 1 saturated carbocycles. The Labute approximate surface area is 97.8 Å². The van der Waals surface area contributed by atoms with Gasteiger partial charge in [-0.05, 0) is 12.8 Å². The summed E-state index contributed by atoms with van der Waals surface area (Å²) < 4.78 is 15.2. The van der Waals surface area contributed by atoms with Crippen molar-refractivity contribution >= 4 is 11.9 Å². The van der Waals surface area contributed by atoms with Crippen molar-refractivity contribution in [2.24, 2.45) is 11.8 Å². The minimum atomic E-state index is -0.915. The maximum absolute atomic E-state index is 11.9. The second-order valence-corrected chi connectivity index (χ2v) is 4.75. The Hall–Kier alpha value is -1.14. The number of carboxylic acid groups (broad SMARTS) is 1. The van der Waals surface area contributed by atoms with E-state index in [1.54, 1.807) is 0 Å². The van der Waals surface area contributed by atoms with Gasteiger partial charge in [0, 0.05) is 0 Å². The molecule has 3 aliphatic rings. The van der Waals surface area contributed by atoms with E-state index in [9.17, 15) is 9.59 Å². The van der Waals surface area contributed by atoms with Gasteiger partial charge in [-0.15, -0.1) is 0 Å². The number of carbonyl (C=O) groups is 2. The zero-order valence-corrected chi connectivity index (χ0v) is 9.20. The van der Waals surface area contributed by atoms with Crippen LogP contribution in [0, 0.1) is 11.8 Å². The van der Waals surface area contributed by atoms with Crippen molar-refractivity contribution in [1.29, 1.82) is 0 Å². The van der Waals surface area contributed by atoms with Crippen molar-refractivity contribution in [2.45, 2.75) is 44.4 Å². The molecule has 6 nitrogen and oxygen atoms in total. The Morgan fingerprint density at radius 1 is 1.12 bits per heavy atom. The average Bonchev–Trinajstić information content (AvgIpc) is 2.97. The summed E-state index contributed by atoms with van der Waals surface area (Å²) in [5.74, 6) is -2.53. The van der Waals surface area contributed by atoms with E-state index in [4.69, 9.17) is 19.3 Å². The number of esters is 1. The third kappa shape index (κ3) is 1.91. The standard InChI is InChI=1S/C11H14O6/c12-8(13)5-3-1-2-4-6(5)9(14)16-11-7-10(15-7)17-11/h5-7,10-11H,1-4H2,(H,12,13)/t5-,6+,7?,10?,11?/m0/s1. The number of hydrogen-bond donors (Lipinski definition) is 1. The fourth-order valence-electron chi connectivity index (χ4n) is 2.54.